The van der Waals surface area contributed by atoms with Crippen molar-refractivity contribution < 1.29 is 13.5 Å². The Morgan fingerprint density at radius 1 is 1.18 bits per heavy atom. The van der Waals surface area contributed by atoms with E-state index in [9.17, 15) is 13.5 Å². The van der Waals surface area contributed by atoms with Crippen LogP contribution >= 0.6 is 0 Å². The summed E-state index contributed by atoms with van der Waals surface area (Å²) in [5.41, 5.74) is 1.54. The van der Waals surface area contributed by atoms with Crippen LogP contribution in [0.2, 0.25) is 0 Å². The summed E-state index contributed by atoms with van der Waals surface area (Å²) in [6.45, 7) is 2.01. The Labute approximate surface area is 162 Å². The van der Waals surface area contributed by atoms with Crippen LogP contribution < -0.4 is 4.90 Å². The number of nitrogens with zero attached hydrogens (tertiary/aromatic N) is 6. The molecule has 1 N–H and O–H groups in total. The lowest BCUT2D eigenvalue weighted by Crippen LogP contribution is -2.48. The monoisotopic (exact) mass is 398 g/mol. The smallest absolute Gasteiger partial charge is 0.211 e. The number of aromatic hydroxyl groups is 1. The van der Waals surface area contributed by atoms with Gasteiger partial charge in [0.15, 0.2) is 0 Å². The van der Waals surface area contributed by atoms with Gasteiger partial charge >= 0.3 is 0 Å². The molecule has 3 aromatic rings. The number of phenols is 1. The topological polar surface area (TPSA) is 115 Å². The lowest BCUT2D eigenvalue weighted by atomic mass is 10.2. The van der Waals surface area contributed by atoms with Gasteiger partial charge in [-0.25, -0.2) is 18.1 Å². The van der Waals surface area contributed by atoms with E-state index in [0.717, 1.165) is 11.2 Å². The van der Waals surface area contributed by atoms with E-state index in [0.29, 0.717) is 37.4 Å². The zero-order valence-electron chi connectivity index (χ0n) is 15.1. The summed E-state index contributed by atoms with van der Waals surface area (Å²) in [4.78, 5) is 6.51. The van der Waals surface area contributed by atoms with E-state index in [2.05, 4.69) is 10.1 Å². The lowest BCUT2D eigenvalue weighted by Gasteiger charge is -2.33. The van der Waals surface area contributed by atoms with E-state index in [-0.39, 0.29) is 11.3 Å². The van der Waals surface area contributed by atoms with Gasteiger partial charge in [0, 0.05) is 43.8 Å². The van der Waals surface area contributed by atoms with E-state index in [1.807, 2.05) is 23.2 Å². The second-order valence-corrected chi connectivity index (χ2v) is 8.62. The molecular formula is C18H18N6O3S. The highest BCUT2D eigenvalue weighted by Gasteiger charge is 2.24. The molecule has 3 heterocycles. The van der Waals surface area contributed by atoms with Gasteiger partial charge in [-0.15, -0.1) is 0 Å². The predicted molar refractivity (Wildman–Crippen MR) is 104 cm³/mol. The van der Waals surface area contributed by atoms with Crippen molar-refractivity contribution in [2.75, 3.05) is 37.3 Å². The first kappa shape index (κ1) is 18.2. The summed E-state index contributed by atoms with van der Waals surface area (Å²) in [6.07, 6.45) is 4.73. The number of anilines is 1. The maximum Gasteiger partial charge on any atom is 0.211 e. The minimum Gasteiger partial charge on any atom is -0.506 e. The van der Waals surface area contributed by atoms with Crippen molar-refractivity contribution in [2.45, 2.75) is 0 Å². The minimum absolute atomic E-state index is 0.0953. The predicted octanol–water partition coefficient (Wildman–Crippen LogP) is 1.08. The Morgan fingerprint density at radius 2 is 1.93 bits per heavy atom. The van der Waals surface area contributed by atoms with Crippen molar-refractivity contribution in [1.82, 2.24) is 19.1 Å². The van der Waals surface area contributed by atoms with Crippen LogP contribution in [0.5, 0.6) is 5.75 Å². The van der Waals surface area contributed by atoms with Crippen LogP contribution in [0.4, 0.5) is 5.82 Å². The number of hydrogen-bond acceptors (Lipinski definition) is 7. The molecule has 0 radical (unpaired) electrons. The van der Waals surface area contributed by atoms with Crippen molar-refractivity contribution in [3.63, 3.8) is 0 Å². The maximum atomic E-state index is 11.7. The van der Waals surface area contributed by atoms with Crippen molar-refractivity contribution in [1.29, 1.82) is 5.26 Å². The number of benzene rings is 1. The lowest BCUT2D eigenvalue weighted by molar-refractivity contribution is 0.387. The molecular weight excluding hydrogens is 380 g/mol. The van der Waals surface area contributed by atoms with Gasteiger partial charge in [0.05, 0.1) is 23.7 Å². The zero-order chi connectivity index (χ0) is 19.9. The third kappa shape index (κ3) is 3.37. The maximum absolute atomic E-state index is 11.7. The number of phenolic OH excluding ortho intramolecular Hbond substituents is 1. The zero-order valence-corrected chi connectivity index (χ0v) is 16.0. The summed E-state index contributed by atoms with van der Waals surface area (Å²) >= 11 is 0. The SMILES string of the molecule is CS(=O)(=O)N1CCN(c2cc3cn(-c4ccc(C#N)c(O)c4)nc3cn2)CC1. The molecule has 0 amide bonds. The molecule has 1 fully saturated rings. The Hall–Kier alpha value is -3.16. The van der Waals surface area contributed by atoms with Crippen LogP contribution in [0.3, 0.4) is 0 Å². The third-order valence-corrected chi connectivity index (χ3v) is 6.08. The second kappa shape index (κ2) is 6.78. The van der Waals surface area contributed by atoms with Crippen LogP contribution in [0, 0.1) is 11.3 Å². The molecule has 144 valence electrons. The van der Waals surface area contributed by atoms with E-state index in [1.165, 1.54) is 16.6 Å². The Kier molecular flexibility index (Phi) is 4.41. The Morgan fingerprint density at radius 3 is 2.57 bits per heavy atom. The first-order valence-corrected chi connectivity index (χ1v) is 10.5. The summed E-state index contributed by atoms with van der Waals surface area (Å²) in [6, 6.07) is 8.58. The van der Waals surface area contributed by atoms with Crippen molar-refractivity contribution in [3.8, 4) is 17.5 Å². The fraction of sp³-hybridized carbons (Fsp3) is 0.278. The number of nitriles is 1. The molecule has 0 aliphatic carbocycles. The molecule has 0 atom stereocenters. The van der Waals surface area contributed by atoms with Crippen molar-refractivity contribution >= 4 is 26.7 Å². The van der Waals surface area contributed by atoms with Crippen molar-refractivity contribution in [2.24, 2.45) is 0 Å². The number of piperazine rings is 1. The molecule has 1 aliphatic rings. The number of sulfonamides is 1. The largest absolute Gasteiger partial charge is 0.506 e. The van der Waals surface area contributed by atoms with Gasteiger partial charge in [0.1, 0.15) is 23.2 Å². The molecule has 1 aliphatic heterocycles. The first-order chi connectivity index (χ1) is 13.3. The number of rotatable bonds is 3. The van der Waals surface area contributed by atoms with Gasteiger partial charge in [0.25, 0.3) is 0 Å². The Balaban J connectivity index is 1.59. The summed E-state index contributed by atoms with van der Waals surface area (Å²) in [5, 5.41) is 24.2. The molecule has 2 aromatic heterocycles. The average molecular weight is 398 g/mol. The van der Waals surface area contributed by atoms with Crippen LogP contribution in [-0.2, 0) is 10.0 Å². The van der Waals surface area contributed by atoms with Gasteiger partial charge in [-0.3, -0.25) is 0 Å². The first-order valence-electron chi connectivity index (χ1n) is 8.64. The minimum atomic E-state index is -3.17. The van der Waals surface area contributed by atoms with Gasteiger partial charge in [0.2, 0.25) is 10.0 Å². The van der Waals surface area contributed by atoms with Crippen molar-refractivity contribution in [3.05, 3.63) is 42.2 Å². The Bertz CT molecular complexity index is 1190. The van der Waals surface area contributed by atoms with Gasteiger partial charge in [-0.2, -0.15) is 14.7 Å². The van der Waals surface area contributed by atoms with E-state index < -0.39 is 10.0 Å². The average Bonchev–Trinajstić information content (AvgIpc) is 3.10. The molecule has 1 aromatic carbocycles. The quantitative estimate of drug-likeness (QED) is 0.702. The number of hydrogen-bond donors (Lipinski definition) is 1. The van der Waals surface area contributed by atoms with Crippen LogP contribution in [-0.4, -0.2) is 65.0 Å². The standard InChI is InChI=1S/C18H18N6O3S/c1-28(26,27)23-6-4-22(5-7-23)18-8-14-12-24(21-16(14)11-20-18)15-3-2-13(10-19)17(25)9-15/h2-3,8-9,11-12,25H,4-7H2,1H3. The second-order valence-electron chi connectivity index (χ2n) is 6.64. The van der Waals surface area contributed by atoms with Gasteiger partial charge in [-0.05, 0) is 18.2 Å². The highest BCUT2D eigenvalue weighted by Crippen LogP contribution is 2.24. The van der Waals surface area contributed by atoms with Gasteiger partial charge in [-0.1, -0.05) is 0 Å². The van der Waals surface area contributed by atoms with Gasteiger partial charge < -0.3 is 10.0 Å². The normalized spacial score (nSPS) is 15.6. The van der Waals surface area contributed by atoms with E-state index >= 15 is 0 Å². The van der Waals surface area contributed by atoms with Crippen LogP contribution in [0.15, 0.2) is 36.7 Å². The molecule has 10 heteroatoms. The molecule has 0 spiro atoms. The molecule has 0 saturated carbocycles. The summed E-state index contributed by atoms with van der Waals surface area (Å²) in [7, 11) is -3.17. The van der Waals surface area contributed by atoms with Crippen LogP contribution in [0.25, 0.3) is 16.6 Å². The fourth-order valence-electron chi connectivity index (χ4n) is 3.23. The summed E-state index contributed by atoms with van der Waals surface area (Å²) in [5.74, 6) is 0.671. The highest BCUT2D eigenvalue weighted by molar-refractivity contribution is 7.88. The molecule has 4 rings (SSSR count). The van der Waals surface area contributed by atoms with E-state index in [1.54, 1.807) is 23.0 Å². The fourth-order valence-corrected chi connectivity index (χ4v) is 4.05. The molecule has 0 unspecified atom stereocenters. The number of fused-ring (bicyclic) bond motifs is 1. The molecule has 9 nitrogen and oxygen atoms in total. The third-order valence-electron chi connectivity index (χ3n) is 4.77. The molecule has 1 saturated heterocycles. The number of aromatic nitrogens is 3. The molecule has 28 heavy (non-hydrogen) atoms. The van der Waals surface area contributed by atoms with Crippen LogP contribution in [0.1, 0.15) is 5.56 Å². The highest BCUT2D eigenvalue weighted by atomic mass is 32.2. The number of pyridine rings is 1. The molecule has 0 bridgehead atoms. The van der Waals surface area contributed by atoms with E-state index in [4.69, 9.17) is 5.26 Å². The summed E-state index contributed by atoms with van der Waals surface area (Å²) < 4.78 is 26.4.